The molecule has 1 aromatic carbocycles. The van der Waals surface area contributed by atoms with Gasteiger partial charge in [0, 0.05) is 17.5 Å². The predicted octanol–water partition coefficient (Wildman–Crippen LogP) is 1.70. The van der Waals surface area contributed by atoms with Gasteiger partial charge in [0.25, 0.3) is 5.56 Å². The van der Waals surface area contributed by atoms with Gasteiger partial charge in [0.1, 0.15) is 17.9 Å². The molecule has 9 nitrogen and oxygen atoms in total. The minimum atomic E-state index is -0.592. The number of amides is 1. The van der Waals surface area contributed by atoms with Crippen LogP contribution in [0, 0.1) is 0 Å². The van der Waals surface area contributed by atoms with Crippen molar-refractivity contribution in [3.63, 3.8) is 0 Å². The van der Waals surface area contributed by atoms with Crippen LogP contribution in [0.4, 0.5) is 0 Å². The number of carbonyl (C=O) groups excluding carboxylic acids is 1. The van der Waals surface area contributed by atoms with Gasteiger partial charge in [-0.3, -0.25) is 19.1 Å². The number of aryl methyl sites for hydroxylation is 1. The summed E-state index contributed by atoms with van der Waals surface area (Å²) in [6, 6.07) is 6.71. The number of benzene rings is 1. The third kappa shape index (κ3) is 3.09. The van der Waals surface area contributed by atoms with Gasteiger partial charge in [-0.05, 0) is 31.2 Å². The number of aromatic amines is 1. The number of halogens is 1. The molecule has 144 valence electrons. The summed E-state index contributed by atoms with van der Waals surface area (Å²) in [7, 11) is 1.49. The van der Waals surface area contributed by atoms with E-state index >= 15 is 0 Å². The Kier molecular flexibility index (Phi) is 4.31. The van der Waals surface area contributed by atoms with Crippen molar-refractivity contribution >= 4 is 39.6 Å². The van der Waals surface area contributed by atoms with Crippen molar-refractivity contribution in [1.29, 1.82) is 0 Å². The Morgan fingerprint density at radius 3 is 2.93 bits per heavy atom. The SMILES string of the molecule is CC(NC(=O)Cn1cnc2c1c(=O)[nH]c(=O)n2C)c1cc2cc(Cl)ccc2o1. The van der Waals surface area contributed by atoms with E-state index in [2.05, 4.69) is 15.3 Å². The Labute approximate surface area is 162 Å². The van der Waals surface area contributed by atoms with E-state index in [0.29, 0.717) is 16.4 Å². The summed E-state index contributed by atoms with van der Waals surface area (Å²) in [6.07, 6.45) is 1.35. The van der Waals surface area contributed by atoms with Crippen molar-refractivity contribution in [1.82, 2.24) is 24.4 Å². The van der Waals surface area contributed by atoms with Gasteiger partial charge in [-0.2, -0.15) is 0 Å². The van der Waals surface area contributed by atoms with Gasteiger partial charge in [0.15, 0.2) is 11.2 Å². The summed E-state index contributed by atoms with van der Waals surface area (Å²) in [6.45, 7) is 1.66. The predicted molar refractivity (Wildman–Crippen MR) is 103 cm³/mol. The minimum Gasteiger partial charge on any atom is -0.459 e. The number of imidazole rings is 1. The zero-order chi connectivity index (χ0) is 20.0. The zero-order valence-corrected chi connectivity index (χ0v) is 15.8. The lowest BCUT2D eigenvalue weighted by molar-refractivity contribution is -0.122. The first-order valence-corrected chi connectivity index (χ1v) is 8.84. The van der Waals surface area contributed by atoms with Crippen LogP contribution in [0.3, 0.4) is 0 Å². The van der Waals surface area contributed by atoms with Crippen molar-refractivity contribution in [2.24, 2.45) is 7.05 Å². The van der Waals surface area contributed by atoms with E-state index in [1.807, 2.05) is 6.07 Å². The largest absolute Gasteiger partial charge is 0.459 e. The molecule has 0 fully saturated rings. The molecule has 0 aliphatic heterocycles. The number of furan rings is 1. The standard InChI is InChI=1S/C18H16ClN5O4/c1-9(13-6-10-5-11(19)3-4-12(10)28-13)21-14(25)7-24-8-20-16-15(24)17(26)22-18(27)23(16)2/h3-6,8-9H,7H2,1-2H3,(H,21,25)(H,22,26,27). The molecule has 4 aromatic rings. The van der Waals surface area contributed by atoms with Crippen molar-refractivity contribution < 1.29 is 9.21 Å². The second kappa shape index (κ2) is 6.68. The Bertz CT molecular complexity index is 1330. The van der Waals surface area contributed by atoms with Crippen LogP contribution >= 0.6 is 11.6 Å². The molecule has 1 amide bonds. The van der Waals surface area contributed by atoms with Gasteiger partial charge in [-0.25, -0.2) is 9.78 Å². The average molecular weight is 402 g/mol. The van der Waals surface area contributed by atoms with E-state index in [9.17, 15) is 14.4 Å². The van der Waals surface area contributed by atoms with E-state index in [4.69, 9.17) is 16.0 Å². The monoisotopic (exact) mass is 401 g/mol. The topological polar surface area (TPSA) is 115 Å². The molecule has 1 unspecified atom stereocenters. The smallest absolute Gasteiger partial charge is 0.329 e. The lowest BCUT2D eigenvalue weighted by Gasteiger charge is -2.12. The third-order valence-electron chi connectivity index (χ3n) is 4.49. The number of H-pyrrole nitrogens is 1. The second-order valence-electron chi connectivity index (χ2n) is 6.48. The van der Waals surface area contributed by atoms with Crippen molar-refractivity contribution in [2.75, 3.05) is 0 Å². The lowest BCUT2D eigenvalue weighted by atomic mass is 10.2. The van der Waals surface area contributed by atoms with Crippen LogP contribution < -0.4 is 16.6 Å². The first-order chi connectivity index (χ1) is 13.3. The van der Waals surface area contributed by atoms with Crippen LogP contribution in [0.1, 0.15) is 18.7 Å². The summed E-state index contributed by atoms with van der Waals surface area (Å²) >= 11 is 5.98. The highest BCUT2D eigenvalue weighted by atomic mass is 35.5. The number of hydrogen-bond acceptors (Lipinski definition) is 5. The average Bonchev–Trinajstić information content (AvgIpc) is 3.23. The second-order valence-corrected chi connectivity index (χ2v) is 6.92. The number of aromatic nitrogens is 4. The van der Waals surface area contributed by atoms with Crippen LogP contribution in [-0.2, 0) is 18.4 Å². The third-order valence-corrected chi connectivity index (χ3v) is 4.73. The van der Waals surface area contributed by atoms with Gasteiger partial charge >= 0.3 is 5.69 Å². The number of hydrogen-bond donors (Lipinski definition) is 2. The molecule has 0 aliphatic carbocycles. The van der Waals surface area contributed by atoms with Crippen molar-refractivity contribution in [3.05, 3.63) is 62.2 Å². The Balaban J connectivity index is 1.55. The molecule has 0 radical (unpaired) electrons. The molecule has 4 rings (SSSR count). The minimum absolute atomic E-state index is 0.131. The van der Waals surface area contributed by atoms with E-state index in [1.54, 1.807) is 25.1 Å². The zero-order valence-electron chi connectivity index (χ0n) is 15.0. The van der Waals surface area contributed by atoms with E-state index in [1.165, 1.54) is 22.5 Å². The molecule has 0 spiro atoms. The molecule has 28 heavy (non-hydrogen) atoms. The highest BCUT2D eigenvalue weighted by molar-refractivity contribution is 6.31. The van der Waals surface area contributed by atoms with Crippen molar-refractivity contribution in [3.8, 4) is 0 Å². The summed E-state index contributed by atoms with van der Waals surface area (Å²) < 4.78 is 8.37. The quantitative estimate of drug-likeness (QED) is 0.540. The summed E-state index contributed by atoms with van der Waals surface area (Å²) in [5.41, 5.74) is -0.114. The fraction of sp³-hybridized carbons (Fsp3) is 0.222. The summed E-state index contributed by atoms with van der Waals surface area (Å²) in [5.74, 6) is 0.250. The molecular formula is C18H16ClN5O4. The number of fused-ring (bicyclic) bond motifs is 2. The van der Waals surface area contributed by atoms with Gasteiger partial charge in [0.2, 0.25) is 5.91 Å². The molecule has 1 atom stereocenters. The summed E-state index contributed by atoms with van der Waals surface area (Å²) in [4.78, 5) is 42.5. The molecule has 0 aliphatic rings. The van der Waals surface area contributed by atoms with Crippen LogP contribution in [0.25, 0.3) is 22.1 Å². The molecular weight excluding hydrogens is 386 g/mol. The lowest BCUT2D eigenvalue weighted by Crippen LogP contribution is -2.32. The summed E-state index contributed by atoms with van der Waals surface area (Å²) in [5, 5.41) is 4.27. The highest BCUT2D eigenvalue weighted by Crippen LogP contribution is 2.26. The van der Waals surface area contributed by atoms with Gasteiger partial charge < -0.3 is 14.3 Å². The fourth-order valence-electron chi connectivity index (χ4n) is 3.07. The van der Waals surface area contributed by atoms with E-state index in [0.717, 1.165) is 5.39 Å². The molecule has 0 saturated carbocycles. The van der Waals surface area contributed by atoms with Crippen LogP contribution in [0.5, 0.6) is 0 Å². The first-order valence-electron chi connectivity index (χ1n) is 8.46. The number of nitrogens with zero attached hydrogens (tertiary/aromatic N) is 3. The fourth-order valence-corrected chi connectivity index (χ4v) is 3.25. The Morgan fingerprint density at radius 2 is 2.14 bits per heavy atom. The molecule has 3 aromatic heterocycles. The molecule has 10 heteroatoms. The Morgan fingerprint density at radius 1 is 1.36 bits per heavy atom. The maximum Gasteiger partial charge on any atom is 0.329 e. The van der Waals surface area contributed by atoms with Crippen molar-refractivity contribution in [2.45, 2.75) is 19.5 Å². The highest BCUT2D eigenvalue weighted by Gasteiger charge is 2.17. The van der Waals surface area contributed by atoms with E-state index in [-0.39, 0.29) is 23.6 Å². The normalized spacial score (nSPS) is 12.5. The maximum absolute atomic E-state index is 12.5. The molecule has 2 N–H and O–H groups in total. The Hall–Kier alpha value is -3.33. The van der Waals surface area contributed by atoms with Gasteiger partial charge in [-0.1, -0.05) is 11.6 Å². The molecule has 3 heterocycles. The number of nitrogens with one attached hydrogen (secondary N) is 2. The molecule has 0 bridgehead atoms. The number of carbonyl (C=O) groups is 1. The van der Waals surface area contributed by atoms with Crippen LogP contribution in [-0.4, -0.2) is 25.0 Å². The van der Waals surface area contributed by atoms with Crippen LogP contribution in [0.2, 0.25) is 5.02 Å². The number of rotatable bonds is 4. The van der Waals surface area contributed by atoms with Gasteiger partial charge in [-0.15, -0.1) is 0 Å². The van der Waals surface area contributed by atoms with E-state index < -0.39 is 17.3 Å². The maximum atomic E-state index is 12.5. The van der Waals surface area contributed by atoms with Crippen LogP contribution in [0.15, 0.2) is 44.6 Å². The first kappa shape index (κ1) is 18.1. The van der Waals surface area contributed by atoms with Gasteiger partial charge in [0.05, 0.1) is 12.4 Å². The molecule has 0 saturated heterocycles.